The second-order valence-electron chi connectivity index (χ2n) is 5.76. The Bertz CT molecular complexity index is 1120. The van der Waals surface area contributed by atoms with E-state index in [1.54, 1.807) is 16.3 Å². The third kappa shape index (κ3) is 3.24. The zero-order valence-corrected chi connectivity index (χ0v) is 15.2. The number of benzene rings is 2. The molecule has 0 unspecified atom stereocenters. The lowest BCUT2D eigenvalue weighted by atomic mass is 10.3. The number of amides is 1. The molecule has 0 bridgehead atoms. The second-order valence-corrected chi connectivity index (χ2v) is 6.60. The number of thioether (sulfide) groups is 1. The van der Waals surface area contributed by atoms with Gasteiger partial charge in [0.05, 0.1) is 16.7 Å². The molecule has 0 aliphatic rings. The van der Waals surface area contributed by atoms with Gasteiger partial charge < -0.3 is 15.6 Å². The Hall–Kier alpha value is -3.33. The number of rotatable bonds is 5. The molecule has 1 amide bonds. The molecule has 0 atom stereocenters. The van der Waals surface area contributed by atoms with E-state index in [0.717, 1.165) is 21.6 Å². The SMILES string of the molecule is CSc1ccccc1NC(=O)Cn1c(-c2nonc2N)nc2ccccc21. The van der Waals surface area contributed by atoms with Crippen molar-refractivity contribution >= 4 is 40.2 Å². The number of hydrogen-bond donors (Lipinski definition) is 2. The summed E-state index contributed by atoms with van der Waals surface area (Å²) >= 11 is 1.57. The lowest BCUT2D eigenvalue weighted by Crippen LogP contribution is -2.19. The van der Waals surface area contributed by atoms with E-state index < -0.39 is 0 Å². The van der Waals surface area contributed by atoms with Gasteiger partial charge in [-0.05, 0) is 40.8 Å². The molecule has 0 saturated carbocycles. The Kier molecular flexibility index (Phi) is 4.51. The zero-order valence-electron chi connectivity index (χ0n) is 14.4. The van der Waals surface area contributed by atoms with Crippen molar-refractivity contribution in [2.75, 3.05) is 17.3 Å². The van der Waals surface area contributed by atoms with Crippen LogP contribution in [0.3, 0.4) is 0 Å². The monoisotopic (exact) mass is 380 g/mol. The number of aromatic nitrogens is 4. The summed E-state index contributed by atoms with van der Waals surface area (Å²) in [4.78, 5) is 18.3. The maximum Gasteiger partial charge on any atom is 0.244 e. The first-order valence-electron chi connectivity index (χ1n) is 8.14. The Morgan fingerprint density at radius 3 is 2.74 bits per heavy atom. The summed E-state index contributed by atoms with van der Waals surface area (Å²) in [5.74, 6) is 0.374. The molecule has 0 spiro atoms. The van der Waals surface area contributed by atoms with E-state index in [-0.39, 0.29) is 18.3 Å². The lowest BCUT2D eigenvalue weighted by molar-refractivity contribution is -0.116. The van der Waals surface area contributed by atoms with Crippen molar-refractivity contribution in [2.24, 2.45) is 0 Å². The van der Waals surface area contributed by atoms with Crippen molar-refractivity contribution in [3.8, 4) is 11.5 Å². The van der Waals surface area contributed by atoms with Gasteiger partial charge in [0.25, 0.3) is 0 Å². The molecule has 27 heavy (non-hydrogen) atoms. The third-order valence-corrected chi connectivity index (χ3v) is 4.86. The van der Waals surface area contributed by atoms with Gasteiger partial charge in [0, 0.05) is 4.90 Å². The summed E-state index contributed by atoms with van der Waals surface area (Å²) in [6.07, 6.45) is 1.97. The van der Waals surface area contributed by atoms with Gasteiger partial charge in [-0.25, -0.2) is 9.61 Å². The predicted octanol–water partition coefficient (Wildman–Crippen LogP) is 3.03. The molecule has 3 N–H and O–H groups in total. The minimum atomic E-state index is -0.184. The molecule has 2 aromatic heterocycles. The van der Waals surface area contributed by atoms with E-state index in [1.165, 1.54) is 0 Å². The maximum absolute atomic E-state index is 12.7. The molecule has 4 rings (SSSR count). The fraction of sp³-hybridized carbons (Fsp3) is 0.111. The molecule has 0 radical (unpaired) electrons. The second kappa shape index (κ2) is 7.12. The summed E-state index contributed by atoms with van der Waals surface area (Å²) in [6, 6.07) is 15.2. The van der Waals surface area contributed by atoms with Gasteiger partial charge in [0.15, 0.2) is 17.3 Å². The third-order valence-electron chi connectivity index (χ3n) is 4.06. The Morgan fingerprint density at radius 2 is 1.96 bits per heavy atom. The van der Waals surface area contributed by atoms with E-state index in [0.29, 0.717) is 11.5 Å². The van der Waals surface area contributed by atoms with Crippen LogP contribution >= 0.6 is 11.8 Å². The minimum Gasteiger partial charge on any atom is -0.379 e. The highest BCUT2D eigenvalue weighted by Crippen LogP contribution is 2.27. The number of anilines is 2. The average molecular weight is 380 g/mol. The number of nitrogens with two attached hydrogens (primary N) is 1. The number of nitrogen functional groups attached to an aromatic ring is 1. The van der Waals surface area contributed by atoms with Crippen LogP contribution < -0.4 is 11.1 Å². The highest BCUT2D eigenvalue weighted by molar-refractivity contribution is 7.98. The molecule has 4 aromatic rings. The molecule has 0 aliphatic heterocycles. The number of carbonyl (C=O) groups excluding carboxylic acids is 1. The van der Waals surface area contributed by atoms with Gasteiger partial charge in [-0.1, -0.05) is 24.3 Å². The van der Waals surface area contributed by atoms with Gasteiger partial charge in [-0.15, -0.1) is 11.8 Å². The van der Waals surface area contributed by atoms with Gasteiger partial charge in [0.2, 0.25) is 5.91 Å². The van der Waals surface area contributed by atoms with Crippen LogP contribution in [0, 0.1) is 0 Å². The van der Waals surface area contributed by atoms with Gasteiger partial charge in [0.1, 0.15) is 6.54 Å². The van der Waals surface area contributed by atoms with Crippen LogP contribution in [0.5, 0.6) is 0 Å². The lowest BCUT2D eigenvalue weighted by Gasteiger charge is -2.11. The molecule has 8 nitrogen and oxygen atoms in total. The topological polar surface area (TPSA) is 112 Å². The molecule has 2 heterocycles. The summed E-state index contributed by atoms with van der Waals surface area (Å²) in [5, 5.41) is 10.4. The molecular formula is C18H16N6O2S. The number of fused-ring (bicyclic) bond motifs is 1. The first-order valence-corrected chi connectivity index (χ1v) is 9.36. The van der Waals surface area contributed by atoms with Crippen molar-refractivity contribution in [1.82, 2.24) is 19.9 Å². The Balaban J connectivity index is 1.71. The van der Waals surface area contributed by atoms with E-state index in [9.17, 15) is 4.79 Å². The Morgan fingerprint density at radius 1 is 1.19 bits per heavy atom. The van der Waals surface area contributed by atoms with E-state index in [4.69, 9.17) is 10.4 Å². The van der Waals surface area contributed by atoms with Gasteiger partial charge >= 0.3 is 0 Å². The summed E-state index contributed by atoms with van der Waals surface area (Å²) in [5.41, 5.74) is 8.43. The van der Waals surface area contributed by atoms with E-state index in [2.05, 4.69) is 20.6 Å². The van der Waals surface area contributed by atoms with E-state index in [1.807, 2.05) is 54.8 Å². The van der Waals surface area contributed by atoms with Crippen LogP contribution in [-0.4, -0.2) is 32.0 Å². The van der Waals surface area contributed by atoms with Gasteiger partial charge in [-0.2, -0.15) is 0 Å². The number of imidazole rings is 1. The minimum absolute atomic E-state index is 0.0465. The molecule has 9 heteroatoms. The zero-order chi connectivity index (χ0) is 18.8. The van der Waals surface area contributed by atoms with Crippen molar-refractivity contribution in [3.05, 3.63) is 48.5 Å². The highest BCUT2D eigenvalue weighted by atomic mass is 32.2. The number of para-hydroxylation sites is 3. The summed E-state index contributed by atoms with van der Waals surface area (Å²) < 4.78 is 6.45. The van der Waals surface area contributed by atoms with Crippen molar-refractivity contribution in [2.45, 2.75) is 11.4 Å². The molecule has 136 valence electrons. The van der Waals surface area contributed by atoms with Crippen LogP contribution in [-0.2, 0) is 11.3 Å². The van der Waals surface area contributed by atoms with Crippen LogP contribution in [0.2, 0.25) is 0 Å². The fourth-order valence-electron chi connectivity index (χ4n) is 2.85. The number of nitrogens with one attached hydrogen (secondary N) is 1. The standard InChI is InChI=1S/C18H16N6O2S/c1-27-14-9-5-3-7-12(14)20-15(25)10-24-13-8-4-2-6-11(13)21-18(24)16-17(19)23-26-22-16/h2-9H,10H2,1H3,(H2,19,23)(H,20,25). The molecule has 2 aromatic carbocycles. The molecule has 0 fully saturated rings. The van der Waals surface area contributed by atoms with Crippen molar-refractivity contribution in [3.63, 3.8) is 0 Å². The maximum atomic E-state index is 12.7. The predicted molar refractivity (Wildman–Crippen MR) is 104 cm³/mol. The molecule has 0 saturated heterocycles. The van der Waals surface area contributed by atoms with Crippen LogP contribution in [0.25, 0.3) is 22.6 Å². The van der Waals surface area contributed by atoms with Crippen LogP contribution in [0.1, 0.15) is 0 Å². The highest BCUT2D eigenvalue weighted by Gasteiger charge is 2.20. The first-order chi connectivity index (χ1) is 13.2. The average Bonchev–Trinajstić information content (AvgIpc) is 3.25. The van der Waals surface area contributed by atoms with E-state index >= 15 is 0 Å². The largest absolute Gasteiger partial charge is 0.379 e. The quantitative estimate of drug-likeness (QED) is 0.512. The summed E-state index contributed by atoms with van der Waals surface area (Å²) in [7, 11) is 0. The van der Waals surface area contributed by atoms with Gasteiger partial charge in [-0.3, -0.25) is 4.79 Å². The molecule has 0 aliphatic carbocycles. The normalized spacial score (nSPS) is 11.0. The first kappa shape index (κ1) is 17.1. The Labute approximate surface area is 158 Å². The number of carbonyl (C=O) groups is 1. The van der Waals surface area contributed by atoms with Crippen molar-refractivity contribution in [1.29, 1.82) is 0 Å². The van der Waals surface area contributed by atoms with Crippen LogP contribution in [0.4, 0.5) is 11.5 Å². The fourth-order valence-corrected chi connectivity index (χ4v) is 3.40. The van der Waals surface area contributed by atoms with Crippen LogP contribution in [0.15, 0.2) is 58.1 Å². The number of nitrogens with zero attached hydrogens (tertiary/aromatic N) is 4. The number of hydrogen-bond acceptors (Lipinski definition) is 7. The molecular weight excluding hydrogens is 364 g/mol. The summed E-state index contributed by atoms with van der Waals surface area (Å²) in [6.45, 7) is 0.0465. The van der Waals surface area contributed by atoms with Crippen molar-refractivity contribution < 1.29 is 9.42 Å². The smallest absolute Gasteiger partial charge is 0.244 e.